The first-order valence-electron chi connectivity index (χ1n) is 4.90. The number of esters is 2. The van der Waals surface area contributed by atoms with Crippen molar-refractivity contribution in [1.29, 1.82) is 0 Å². The predicted molar refractivity (Wildman–Crippen MR) is 60.4 cm³/mol. The molecule has 0 aromatic heterocycles. The van der Waals surface area contributed by atoms with Gasteiger partial charge in [0.15, 0.2) is 0 Å². The molecular formula is C12H14O5. The van der Waals surface area contributed by atoms with Crippen LogP contribution in [0.3, 0.4) is 0 Å². The molecular weight excluding hydrogens is 224 g/mol. The van der Waals surface area contributed by atoms with Crippen LogP contribution in [0.25, 0.3) is 0 Å². The maximum atomic E-state index is 11.5. The minimum atomic E-state index is -0.522. The second-order valence-electron chi connectivity index (χ2n) is 3.33. The lowest BCUT2D eigenvalue weighted by atomic mass is 10.0. The lowest BCUT2D eigenvalue weighted by Crippen LogP contribution is -2.11. The standard InChI is InChI=1S/C12H14O5/c1-7-9(11(13)16-3)5-8(15-2)6-10(7)12(14)17-4/h5-6H,1-4H3. The number of rotatable bonds is 3. The van der Waals surface area contributed by atoms with Gasteiger partial charge in [-0.15, -0.1) is 0 Å². The Bertz CT molecular complexity index is 413. The Morgan fingerprint density at radius 2 is 1.35 bits per heavy atom. The Balaban J connectivity index is 3.40. The van der Waals surface area contributed by atoms with Crippen molar-refractivity contribution in [1.82, 2.24) is 0 Å². The predicted octanol–water partition coefficient (Wildman–Crippen LogP) is 1.58. The second kappa shape index (κ2) is 5.34. The third-order valence-electron chi connectivity index (χ3n) is 2.43. The molecule has 0 aliphatic carbocycles. The minimum absolute atomic E-state index is 0.284. The number of hydrogen-bond donors (Lipinski definition) is 0. The summed E-state index contributed by atoms with van der Waals surface area (Å²) in [6.45, 7) is 1.65. The summed E-state index contributed by atoms with van der Waals surface area (Å²) in [5.74, 6) is -0.644. The van der Waals surface area contributed by atoms with Crippen molar-refractivity contribution < 1.29 is 23.8 Å². The van der Waals surface area contributed by atoms with E-state index in [0.29, 0.717) is 11.3 Å². The summed E-state index contributed by atoms with van der Waals surface area (Å²) in [5.41, 5.74) is 1.07. The molecule has 0 spiro atoms. The summed E-state index contributed by atoms with van der Waals surface area (Å²) >= 11 is 0. The fraction of sp³-hybridized carbons (Fsp3) is 0.333. The van der Waals surface area contributed by atoms with Gasteiger partial charge in [-0.3, -0.25) is 0 Å². The molecule has 0 fully saturated rings. The third-order valence-corrected chi connectivity index (χ3v) is 2.43. The van der Waals surface area contributed by atoms with Gasteiger partial charge in [0.1, 0.15) is 5.75 Å². The largest absolute Gasteiger partial charge is 0.497 e. The smallest absolute Gasteiger partial charge is 0.338 e. The molecule has 1 aromatic rings. The summed E-state index contributed by atoms with van der Waals surface area (Å²) in [4.78, 5) is 23.1. The van der Waals surface area contributed by atoms with Gasteiger partial charge in [0.2, 0.25) is 0 Å². The SMILES string of the molecule is COC(=O)c1cc(OC)cc(C(=O)OC)c1C. The topological polar surface area (TPSA) is 61.8 Å². The van der Waals surface area contributed by atoms with Gasteiger partial charge in [-0.05, 0) is 24.6 Å². The molecule has 5 heteroatoms. The van der Waals surface area contributed by atoms with Gasteiger partial charge < -0.3 is 14.2 Å². The molecule has 0 saturated carbocycles. The highest BCUT2D eigenvalue weighted by Crippen LogP contribution is 2.23. The molecule has 1 aromatic carbocycles. The van der Waals surface area contributed by atoms with Crippen molar-refractivity contribution in [2.75, 3.05) is 21.3 Å². The van der Waals surface area contributed by atoms with Gasteiger partial charge in [-0.25, -0.2) is 9.59 Å². The molecule has 0 N–H and O–H groups in total. The van der Waals surface area contributed by atoms with E-state index in [1.807, 2.05) is 0 Å². The molecule has 0 atom stereocenters. The van der Waals surface area contributed by atoms with Gasteiger partial charge >= 0.3 is 11.9 Å². The lowest BCUT2D eigenvalue weighted by molar-refractivity contribution is 0.0597. The first kappa shape index (κ1) is 13.0. The maximum absolute atomic E-state index is 11.5. The summed E-state index contributed by atoms with van der Waals surface area (Å²) in [5, 5.41) is 0. The zero-order valence-corrected chi connectivity index (χ0v) is 10.2. The number of carbonyl (C=O) groups is 2. The number of ether oxygens (including phenoxy) is 3. The highest BCUT2D eigenvalue weighted by molar-refractivity contribution is 5.98. The van der Waals surface area contributed by atoms with Crippen molar-refractivity contribution in [2.45, 2.75) is 6.92 Å². The molecule has 0 aliphatic rings. The Morgan fingerprint density at radius 1 is 0.941 bits per heavy atom. The first-order valence-corrected chi connectivity index (χ1v) is 4.90. The Hall–Kier alpha value is -2.04. The van der Waals surface area contributed by atoms with Crippen LogP contribution in [-0.4, -0.2) is 33.3 Å². The molecule has 0 heterocycles. The van der Waals surface area contributed by atoms with Crippen LogP contribution in [-0.2, 0) is 9.47 Å². The van der Waals surface area contributed by atoms with Crippen LogP contribution in [0.4, 0.5) is 0 Å². The quantitative estimate of drug-likeness (QED) is 0.748. The van der Waals surface area contributed by atoms with E-state index >= 15 is 0 Å². The average molecular weight is 238 g/mol. The number of carbonyl (C=O) groups excluding carboxylic acids is 2. The summed E-state index contributed by atoms with van der Waals surface area (Å²) in [7, 11) is 4.00. The number of benzene rings is 1. The first-order chi connectivity index (χ1) is 8.04. The van der Waals surface area contributed by atoms with E-state index in [9.17, 15) is 9.59 Å². The fourth-order valence-corrected chi connectivity index (χ4v) is 1.45. The Morgan fingerprint density at radius 3 is 1.65 bits per heavy atom. The summed E-state index contributed by atoms with van der Waals surface area (Å²) in [6.07, 6.45) is 0. The zero-order valence-electron chi connectivity index (χ0n) is 10.2. The molecule has 0 radical (unpaired) electrons. The van der Waals surface area contributed by atoms with E-state index in [0.717, 1.165) is 0 Å². The van der Waals surface area contributed by atoms with Crippen LogP contribution in [0.2, 0.25) is 0 Å². The van der Waals surface area contributed by atoms with E-state index in [2.05, 4.69) is 9.47 Å². The average Bonchev–Trinajstić information content (AvgIpc) is 2.37. The maximum Gasteiger partial charge on any atom is 0.338 e. The molecule has 0 aliphatic heterocycles. The molecule has 0 amide bonds. The van der Waals surface area contributed by atoms with Gasteiger partial charge in [-0.1, -0.05) is 0 Å². The Kier molecular flexibility index (Phi) is 4.09. The Labute approximate surface area is 99.3 Å². The van der Waals surface area contributed by atoms with E-state index in [-0.39, 0.29) is 11.1 Å². The van der Waals surface area contributed by atoms with Crippen LogP contribution in [0, 0.1) is 6.92 Å². The molecule has 0 unspecified atom stereocenters. The number of hydrogen-bond acceptors (Lipinski definition) is 5. The second-order valence-corrected chi connectivity index (χ2v) is 3.33. The molecule has 1 rings (SSSR count). The van der Waals surface area contributed by atoms with Crippen LogP contribution < -0.4 is 4.74 Å². The molecule has 5 nitrogen and oxygen atoms in total. The monoisotopic (exact) mass is 238 g/mol. The van der Waals surface area contributed by atoms with E-state index in [4.69, 9.17) is 4.74 Å². The van der Waals surface area contributed by atoms with Crippen molar-refractivity contribution in [3.63, 3.8) is 0 Å². The zero-order chi connectivity index (χ0) is 13.0. The highest BCUT2D eigenvalue weighted by Gasteiger charge is 2.19. The van der Waals surface area contributed by atoms with Crippen LogP contribution in [0.1, 0.15) is 26.3 Å². The van der Waals surface area contributed by atoms with E-state index in [1.165, 1.54) is 33.5 Å². The number of methoxy groups -OCH3 is 3. The minimum Gasteiger partial charge on any atom is -0.497 e. The molecule has 0 bridgehead atoms. The molecule has 92 valence electrons. The van der Waals surface area contributed by atoms with Crippen LogP contribution in [0.5, 0.6) is 5.75 Å². The van der Waals surface area contributed by atoms with Crippen LogP contribution in [0.15, 0.2) is 12.1 Å². The highest BCUT2D eigenvalue weighted by atomic mass is 16.5. The van der Waals surface area contributed by atoms with Gasteiger partial charge in [-0.2, -0.15) is 0 Å². The van der Waals surface area contributed by atoms with E-state index < -0.39 is 11.9 Å². The van der Waals surface area contributed by atoms with Gasteiger partial charge in [0, 0.05) is 0 Å². The normalized spacial score (nSPS) is 9.65. The van der Waals surface area contributed by atoms with Gasteiger partial charge in [0.05, 0.1) is 32.5 Å². The van der Waals surface area contributed by atoms with Crippen molar-refractivity contribution >= 4 is 11.9 Å². The third kappa shape index (κ3) is 2.55. The van der Waals surface area contributed by atoms with Crippen molar-refractivity contribution in [2.24, 2.45) is 0 Å². The fourth-order valence-electron chi connectivity index (χ4n) is 1.45. The summed E-state index contributed by atoms with van der Waals surface area (Å²) in [6, 6.07) is 3.04. The van der Waals surface area contributed by atoms with E-state index in [1.54, 1.807) is 6.92 Å². The van der Waals surface area contributed by atoms with Crippen molar-refractivity contribution in [3.8, 4) is 5.75 Å². The van der Waals surface area contributed by atoms with Crippen LogP contribution >= 0.6 is 0 Å². The van der Waals surface area contributed by atoms with Gasteiger partial charge in [0.25, 0.3) is 0 Å². The lowest BCUT2D eigenvalue weighted by Gasteiger charge is -2.11. The summed E-state index contributed by atoms with van der Waals surface area (Å²) < 4.78 is 14.3. The molecule has 17 heavy (non-hydrogen) atoms. The van der Waals surface area contributed by atoms with Crippen molar-refractivity contribution in [3.05, 3.63) is 28.8 Å². The molecule has 0 saturated heterocycles.